The Morgan fingerprint density at radius 3 is 2.45 bits per heavy atom. The van der Waals surface area contributed by atoms with Gasteiger partial charge in [-0.25, -0.2) is 4.79 Å². The van der Waals surface area contributed by atoms with E-state index in [0.29, 0.717) is 47.2 Å². The number of anilines is 1. The van der Waals surface area contributed by atoms with Crippen LogP contribution in [0.2, 0.25) is 0 Å². The fourth-order valence-electron chi connectivity index (χ4n) is 4.48. The number of carbonyl (C=O) groups excluding carboxylic acids is 1. The molecule has 0 aliphatic carbocycles. The average molecular weight is 587 g/mol. The van der Waals surface area contributed by atoms with E-state index in [0.717, 1.165) is 11.8 Å². The molecule has 5 rings (SSSR count). The van der Waals surface area contributed by atoms with Crippen LogP contribution in [0.4, 0.5) is 36.8 Å². The Bertz CT molecular complexity index is 1670. The van der Waals surface area contributed by atoms with E-state index in [1.807, 2.05) is 30.3 Å². The van der Waals surface area contributed by atoms with Gasteiger partial charge in [0.25, 0.3) is 0 Å². The SMILES string of the molecule is CN1C(=O)NC(=NCCNc2ccccc2)/C1=C/c1ccc2nn(Cc3ccc(C(F)(F)F)cc3C(F)(F)F)cc2c1. The third kappa shape index (κ3) is 6.40. The Balaban J connectivity index is 1.36. The van der Waals surface area contributed by atoms with Crippen LogP contribution in [0.5, 0.6) is 0 Å². The van der Waals surface area contributed by atoms with Crippen molar-refractivity contribution in [1.29, 1.82) is 0 Å². The minimum atomic E-state index is -4.97. The second-order valence-corrected chi connectivity index (χ2v) is 9.55. The van der Waals surface area contributed by atoms with E-state index < -0.39 is 23.5 Å². The van der Waals surface area contributed by atoms with Crippen LogP contribution in [0.3, 0.4) is 0 Å². The largest absolute Gasteiger partial charge is 0.416 e. The Hall–Kier alpha value is -4.81. The van der Waals surface area contributed by atoms with E-state index in [1.54, 1.807) is 31.3 Å². The molecule has 3 aromatic carbocycles. The molecule has 2 amide bonds. The minimum absolute atomic E-state index is 0.118. The van der Waals surface area contributed by atoms with Crippen LogP contribution < -0.4 is 10.6 Å². The van der Waals surface area contributed by atoms with E-state index >= 15 is 0 Å². The molecule has 0 radical (unpaired) electrons. The maximum atomic E-state index is 13.6. The van der Waals surface area contributed by atoms with Crippen LogP contribution in [-0.2, 0) is 18.9 Å². The first-order valence-corrected chi connectivity index (χ1v) is 12.7. The smallest absolute Gasteiger partial charge is 0.383 e. The number of halogens is 6. The Morgan fingerprint density at radius 2 is 1.74 bits per heavy atom. The van der Waals surface area contributed by atoms with E-state index in [9.17, 15) is 31.1 Å². The summed E-state index contributed by atoms with van der Waals surface area (Å²) in [6.07, 6.45) is -6.62. The maximum absolute atomic E-state index is 13.6. The topological polar surface area (TPSA) is 74.6 Å². The quantitative estimate of drug-likeness (QED) is 0.189. The molecule has 0 atom stereocenters. The molecular formula is C29H24F6N6O. The van der Waals surface area contributed by atoms with Gasteiger partial charge in [-0.3, -0.25) is 19.9 Å². The number of rotatable bonds is 7. The summed E-state index contributed by atoms with van der Waals surface area (Å²) < 4.78 is 81.1. The molecule has 2 N–H and O–H groups in total. The third-order valence-corrected chi connectivity index (χ3v) is 6.57. The minimum Gasteiger partial charge on any atom is -0.383 e. The lowest BCUT2D eigenvalue weighted by Gasteiger charge is -2.16. The second kappa shape index (κ2) is 11.2. The summed E-state index contributed by atoms with van der Waals surface area (Å²) >= 11 is 0. The van der Waals surface area contributed by atoms with Gasteiger partial charge >= 0.3 is 18.4 Å². The third-order valence-electron chi connectivity index (χ3n) is 6.57. The van der Waals surface area contributed by atoms with Crippen molar-refractivity contribution in [2.45, 2.75) is 18.9 Å². The highest BCUT2D eigenvalue weighted by atomic mass is 19.4. The summed E-state index contributed by atoms with van der Waals surface area (Å²) in [5.74, 6) is 0.398. The van der Waals surface area contributed by atoms with Gasteiger partial charge in [0.1, 0.15) is 0 Å². The molecule has 0 unspecified atom stereocenters. The number of nitrogens with zero attached hydrogens (tertiary/aromatic N) is 4. The summed E-state index contributed by atoms with van der Waals surface area (Å²) in [6, 6.07) is 16.0. The van der Waals surface area contributed by atoms with E-state index in [4.69, 9.17) is 0 Å². The number of likely N-dealkylation sites (N-methyl/N-ethyl adjacent to an activating group) is 1. The Morgan fingerprint density at radius 1 is 0.976 bits per heavy atom. The Kier molecular flexibility index (Phi) is 7.67. The van der Waals surface area contributed by atoms with Gasteiger partial charge in [-0.05, 0) is 53.6 Å². The number of amidine groups is 1. The fourth-order valence-corrected chi connectivity index (χ4v) is 4.48. The van der Waals surface area contributed by atoms with E-state index in [-0.39, 0.29) is 24.2 Å². The molecule has 1 fully saturated rings. The fraction of sp³-hybridized carbons (Fsp3) is 0.207. The average Bonchev–Trinajstić information content (AvgIpc) is 3.45. The van der Waals surface area contributed by atoms with Gasteiger partial charge in [0.2, 0.25) is 0 Å². The predicted molar refractivity (Wildman–Crippen MR) is 147 cm³/mol. The monoisotopic (exact) mass is 586 g/mol. The standard InChI is InChI=1S/C29H24F6N6O/c1-40-25(26(38-27(40)42)37-12-11-36-22-5-3-2-4-6-22)14-18-7-10-24-20(13-18)17-41(39-24)16-19-8-9-21(28(30,31)32)15-23(19)29(33,34)35/h2-10,13-15,17,36H,11-12,16H2,1H3,(H,37,38,42)/b25-14-. The van der Waals surface area contributed by atoms with Crippen LogP contribution in [-0.4, -0.2) is 46.7 Å². The number of para-hydroxylation sites is 1. The molecule has 218 valence electrons. The molecule has 0 bridgehead atoms. The number of amides is 2. The van der Waals surface area contributed by atoms with Crippen molar-refractivity contribution in [1.82, 2.24) is 20.0 Å². The number of alkyl halides is 6. The van der Waals surface area contributed by atoms with Crippen molar-refractivity contribution >= 4 is 34.5 Å². The number of urea groups is 1. The zero-order valence-corrected chi connectivity index (χ0v) is 22.1. The number of aliphatic imine (C=N–C) groups is 1. The van der Waals surface area contributed by atoms with Gasteiger partial charge in [-0.2, -0.15) is 31.4 Å². The van der Waals surface area contributed by atoms with Crippen molar-refractivity contribution in [3.63, 3.8) is 0 Å². The molecule has 13 heteroatoms. The lowest BCUT2D eigenvalue weighted by atomic mass is 10.0. The summed E-state index contributed by atoms with van der Waals surface area (Å²) in [5.41, 5.74) is -0.440. The number of aromatic nitrogens is 2. The first-order valence-electron chi connectivity index (χ1n) is 12.7. The first-order chi connectivity index (χ1) is 19.9. The molecule has 1 aliphatic heterocycles. The van der Waals surface area contributed by atoms with Gasteiger partial charge in [0.05, 0.1) is 35.4 Å². The van der Waals surface area contributed by atoms with E-state index in [1.165, 1.54) is 15.8 Å². The van der Waals surface area contributed by atoms with Gasteiger partial charge < -0.3 is 5.32 Å². The molecule has 0 saturated carbocycles. The highest BCUT2D eigenvalue weighted by Gasteiger charge is 2.38. The molecule has 7 nitrogen and oxygen atoms in total. The first kappa shape index (κ1) is 28.7. The lowest BCUT2D eigenvalue weighted by molar-refractivity contribution is -0.143. The van der Waals surface area contributed by atoms with Crippen LogP contribution >= 0.6 is 0 Å². The number of carbonyl (C=O) groups is 1. The van der Waals surface area contributed by atoms with Crippen molar-refractivity contribution in [3.8, 4) is 0 Å². The lowest BCUT2D eigenvalue weighted by Crippen LogP contribution is -2.24. The van der Waals surface area contributed by atoms with Gasteiger partial charge in [-0.1, -0.05) is 30.3 Å². The van der Waals surface area contributed by atoms with Crippen molar-refractivity contribution < 1.29 is 31.1 Å². The van der Waals surface area contributed by atoms with Crippen molar-refractivity contribution in [2.75, 3.05) is 25.5 Å². The molecule has 2 heterocycles. The Labute approximate surface area is 236 Å². The normalized spacial score (nSPS) is 16.1. The molecule has 1 saturated heterocycles. The van der Waals surface area contributed by atoms with Gasteiger partial charge in [-0.15, -0.1) is 0 Å². The number of benzene rings is 3. The molecular weight excluding hydrogens is 562 g/mol. The zero-order chi connectivity index (χ0) is 30.1. The van der Waals surface area contributed by atoms with E-state index in [2.05, 4.69) is 20.7 Å². The summed E-state index contributed by atoms with van der Waals surface area (Å²) in [5, 5.41) is 10.9. The maximum Gasteiger partial charge on any atom is 0.416 e. The number of fused-ring (bicyclic) bond motifs is 1. The highest BCUT2D eigenvalue weighted by Crippen LogP contribution is 2.37. The number of hydrogen-bond acceptors (Lipinski definition) is 4. The summed E-state index contributed by atoms with van der Waals surface area (Å²) in [6.45, 7) is 0.554. The summed E-state index contributed by atoms with van der Waals surface area (Å²) in [4.78, 5) is 18.3. The van der Waals surface area contributed by atoms with Crippen molar-refractivity contribution in [3.05, 3.63) is 101 Å². The second-order valence-electron chi connectivity index (χ2n) is 9.55. The van der Waals surface area contributed by atoms with Crippen molar-refractivity contribution in [2.24, 2.45) is 4.99 Å². The number of hydrogen-bond donors (Lipinski definition) is 2. The molecule has 1 aromatic heterocycles. The summed E-state index contributed by atoms with van der Waals surface area (Å²) in [7, 11) is 1.60. The van der Waals surface area contributed by atoms with Crippen LogP contribution in [0.25, 0.3) is 17.0 Å². The molecule has 4 aromatic rings. The zero-order valence-electron chi connectivity index (χ0n) is 22.1. The van der Waals surface area contributed by atoms with Gasteiger partial charge in [0.15, 0.2) is 5.84 Å². The molecule has 42 heavy (non-hydrogen) atoms. The van der Waals surface area contributed by atoms with Crippen LogP contribution in [0, 0.1) is 0 Å². The van der Waals surface area contributed by atoms with Gasteiger partial charge in [0, 0.05) is 30.9 Å². The molecule has 1 aliphatic rings. The highest BCUT2D eigenvalue weighted by molar-refractivity contribution is 6.16. The number of nitrogens with one attached hydrogen (secondary N) is 2. The molecule has 0 spiro atoms. The van der Waals surface area contributed by atoms with Crippen LogP contribution in [0.1, 0.15) is 22.3 Å². The van der Waals surface area contributed by atoms with Crippen LogP contribution in [0.15, 0.2) is 83.6 Å². The predicted octanol–water partition coefficient (Wildman–Crippen LogP) is 6.63.